The van der Waals surface area contributed by atoms with Crippen LogP contribution < -0.4 is 0 Å². The number of rotatable bonds is 9. The minimum atomic E-state index is -0.963. The maximum absolute atomic E-state index is 12.7. The molecule has 0 aromatic heterocycles. The molecular formula is C25H32ClNO6. The number of benzene rings is 1. The number of likely N-dealkylation sites (tertiary alicyclic amines) is 1. The summed E-state index contributed by atoms with van der Waals surface area (Å²) < 4.78 is 0. The Balaban J connectivity index is 1.84. The molecule has 1 saturated heterocycles. The summed E-state index contributed by atoms with van der Waals surface area (Å²) in [5, 5.41) is 41.2. The topological polar surface area (TPSA) is 118 Å². The molecule has 0 saturated carbocycles. The van der Waals surface area contributed by atoms with Crippen molar-refractivity contribution in [3.8, 4) is 5.75 Å². The van der Waals surface area contributed by atoms with Gasteiger partial charge in [-0.1, -0.05) is 36.6 Å². The third-order valence-corrected chi connectivity index (χ3v) is 7.13. The number of phenols is 1. The molecular weight excluding hydrogens is 446 g/mol. The average molecular weight is 478 g/mol. The van der Waals surface area contributed by atoms with E-state index in [0.717, 1.165) is 28.9 Å². The van der Waals surface area contributed by atoms with Crippen molar-refractivity contribution in [1.82, 2.24) is 4.90 Å². The first-order valence-electron chi connectivity index (χ1n) is 11.3. The highest BCUT2D eigenvalue weighted by Crippen LogP contribution is 2.45. The van der Waals surface area contributed by atoms with Gasteiger partial charge in [-0.25, -0.2) is 0 Å². The van der Waals surface area contributed by atoms with Crippen LogP contribution in [0.25, 0.3) is 6.08 Å². The van der Waals surface area contributed by atoms with Gasteiger partial charge in [-0.2, -0.15) is 0 Å². The number of amides is 2. The summed E-state index contributed by atoms with van der Waals surface area (Å²) in [6, 6.07) is 4.78. The molecule has 7 nitrogen and oxygen atoms in total. The second-order valence-electron chi connectivity index (χ2n) is 8.89. The van der Waals surface area contributed by atoms with E-state index in [-0.39, 0.29) is 37.2 Å². The third kappa shape index (κ3) is 5.17. The van der Waals surface area contributed by atoms with Crippen LogP contribution in [0.5, 0.6) is 5.75 Å². The number of hydrogen-bond donors (Lipinski definition) is 4. The molecule has 33 heavy (non-hydrogen) atoms. The number of carbonyl (C=O) groups excluding carboxylic acids is 2. The van der Waals surface area contributed by atoms with Crippen LogP contribution in [0.2, 0.25) is 5.02 Å². The molecule has 0 bridgehead atoms. The minimum absolute atomic E-state index is 0.0873. The van der Waals surface area contributed by atoms with Gasteiger partial charge in [0.2, 0.25) is 11.8 Å². The van der Waals surface area contributed by atoms with E-state index in [1.54, 1.807) is 12.1 Å². The standard InChI is InChI=1S/C25H32ClNO6/c1-3-4-14(9-15-6-7-17(30)11-20(15)26)5-8-21(31)22-16(12-28)10-18-23(19(22)13-29)25(33)27(2)24(18)32/h6-7,9,11,18-19,21,23,28-31H,3-5,8,10,12-13H2,1-2H3/b14-9+/t18-,19+,21-,23-/m1/s1. The maximum Gasteiger partial charge on any atom is 0.233 e. The molecule has 1 aliphatic carbocycles. The Hall–Kier alpha value is -2.19. The lowest BCUT2D eigenvalue weighted by atomic mass is 9.68. The maximum atomic E-state index is 12.7. The second kappa shape index (κ2) is 10.8. The number of imide groups is 1. The number of aliphatic hydroxyl groups excluding tert-OH is 3. The predicted molar refractivity (Wildman–Crippen MR) is 125 cm³/mol. The molecule has 8 heteroatoms. The van der Waals surface area contributed by atoms with Crippen molar-refractivity contribution >= 4 is 29.5 Å². The lowest BCUT2D eigenvalue weighted by Crippen LogP contribution is -2.39. The molecule has 2 aliphatic rings. The monoisotopic (exact) mass is 477 g/mol. The van der Waals surface area contributed by atoms with Crippen molar-refractivity contribution in [2.45, 2.75) is 45.1 Å². The first-order valence-corrected chi connectivity index (χ1v) is 11.7. The molecule has 180 valence electrons. The number of phenolic OH excluding ortho intramolecular Hbond substituents is 1. The summed E-state index contributed by atoms with van der Waals surface area (Å²) in [6.07, 6.45) is 3.78. The largest absolute Gasteiger partial charge is 0.508 e. The van der Waals surface area contributed by atoms with Gasteiger partial charge >= 0.3 is 0 Å². The van der Waals surface area contributed by atoms with Crippen LogP contribution in [0.1, 0.15) is 44.6 Å². The average Bonchev–Trinajstić information content (AvgIpc) is 3.01. The van der Waals surface area contributed by atoms with Crippen molar-refractivity contribution in [3.05, 3.63) is 45.5 Å². The van der Waals surface area contributed by atoms with E-state index in [9.17, 15) is 30.0 Å². The van der Waals surface area contributed by atoms with E-state index in [0.29, 0.717) is 29.0 Å². The molecule has 1 fully saturated rings. The zero-order valence-corrected chi connectivity index (χ0v) is 19.8. The van der Waals surface area contributed by atoms with Crippen molar-refractivity contribution < 1.29 is 30.0 Å². The first kappa shape index (κ1) is 25.4. The molecule has 1 heterocycles. The number of nitrogens with zero attached hydrogens (tertiary/aromatic N) is 1. The van der Waals surface area contributed by atoms with Crippen LogP contribution in [-0.2, 0) is 9.59 Å². The van der Waals surface area contributed by atoms with Gasteiger partial charge in [0, 0.05) is 13.0 Å². The fraction of sp³-hybridized carbons (Fsp3) is 0.520. The molecule has 1 aliphatic heterocycles. The van der Waals surface area contributed by atoms with Gasteiger partial charge < -0.3 is 20.4 Å². The Morgan fingerprint density at radius 2 is 1.97 bits per heavy atom. The summed E-state index contributed by atoms with van der Waals surface area (Å²) in [5.74, 6) is -2.59. The molecule has 1 aromatic carbocycles. The summed E-state index contributed by atoms with van der Waals surface area (Å²) in [7, 11) is 1.43. The Kier molecular flexibility index (Phi) is 8.34. The van der Waals surface area contributed by atoms with Crippen LogP contribution >= 0.6 is 11.6 Å². The van der Waals surface area contributed by atoms with Crippen LogP contribution in [0, 0.1) is 17.8 Å². The van der Waals surface area contributed by atoms with E-state index in [1.807, 2.05) is 6.08 Å². The number of fused-ring (bicyclic) bond motifs is 1. The Bertz CT molecular complexity index is 972. The summed E-state index contributed by atoms with van der Waals surface area (Å²) in [6.45, 7) is 1.33. The van der Waals surface area contributed by atoms with Gasteiger partial charge in [-0.3, -0.25) is 14.5 Å². The predicted octanol–water partition coefficient (Wildman–Crippen LogP) is 2.90. The molecule has 4 atom stereocenters. The molecule has 0 spiro atoms. The molecule has 4 N–H and O–H groups in total. The third-order valence-electron chi connectivity index (χ3n) is 6.80. The van der Waals surface area contributed by atoms with Gasteiger partial charge in [0.1, 0.15) is 5.75 Å². The van der Waals surface area contributed by atoms with E-state index in [4.69, 9.17) is 11.6 Å². The van der Waals surface area contributed by atoms with E-state index in [2.05, 4.69) is 6.92 Å². The molecule has 0 radical (unpaired) electrons. The number of aromatic hydroxyl groups is 1. The smallest absolute Gasteiger partial charge is 0.233 e. The van der Waals surface area contributed by atoms with Crippen LogP contribution in [0.15, 0.2) is 34.9 Å². The van der Waals surface area contributed by atoms with Crippen LogP contribution in [0.3, 0.4) is 0 Å². The highest BCUT2D eigenvalue weighted by atomic mass is 35.5. The van der Waals surface area contributed by atoms with Crippen molar-refractivity contribution in [2.75, 3.05) is 20.3 Å². The fourth-order valence-corrected chi connectivity index (χ4v) is 5.41. The number of aliphatic hydroxyl groups is 3. The van der Waals surface area contributed by atoms with Gasteiger partial charge in [-0.05, 0) is 60.6 Å². The molecule has 3 rings (SSSR count). The SMILES string of the molecule is CCC/C(=C\c1ccc(O)cc1Cl)CC[C@@H](O)C1=C(CO)C[C@H]2C(=O)N(C)C(=O)[C@H]2[C@H]1CO. The van der Waals surface area contributed by atoms with Crippen LogP contribution in [0.4, 0.5) is 0 Å². The van der Waals surface area contributed by atoms with Gasteiger partial charge in [0.25, 0.3) is 0 Å². The van der Waals surface area contributed by atoms with Gasteiger partial charge in [0.15, 0.2) is 0 Å². The lowest BCUT2D eigenvalue weighted by molar-refractivity contribution is -0.138. The molecule has 0 unspecified atom stereocenters. The van der Waals surface area contributed by atoms with Gasteiger partial charge in [-0.15, -0.1) is 0 Å². The zero-order valence-electron chi connectivity index (χ0n) is 19.0. The molecule has 2 amide bonds. The summed E-state index contributed by atoms with van der Waals surface area (Å²) >= 11 is 6.24. The Labute approximate surface area is 199 Å². The highest BCUT2D eigenvalue weighted by molar-refractivity contribution is 6.32. The number of halogens is 1. The minimum Gasteiger partial charge on any atom is -0.508 e. The van der Waals surface area contributed by atoms with Crippen molar-refractivity contribution in [2.24, 2.45) is 17.8 Å². The first-order chi connectivity index (χ1) is 15.7. The van der Waals surface area contributed by atoms with Crippen molar-refractivity contribution in [3.63, 3.8) is 0 Å². The van der Waals surface area contributed by atoms with Gasteiger partial charge in [0.05, 0.1) is 36.2 Å². The number of carbonyl (C=O) groups is 2. The number of allylic oxidation sites excluding steroid dienone is 1. The number of hydrogen-bond acceptors (Lipinski definition) is 6. The van der Waals surface area contributed by atoms with E-state index in [1.165, 1.54) is 13.1 Å². The zero-order chi connectivity index (χ0) is 24.3. The quantitative estimate of drug-likeness (QED) is 0.321. The summed E-state index contributed by atoms with van der Waals surface area (Å²) in [5.41, 5.74) is 2.85. The van der Waals surface area contributed by atoms with Crippen LogP contribution in [-0.4, -0.2) is 63.5 Å². The highest BCUT2D eigenvalue weighted by Gasteiger charge is 2.53. The van der Waals surface area contributed by atoms with E-state index < -0.39 is 23.9 Å². The second-order valence-corrected chi connectivity index (χ2v) is 9.30. The van der Waals surface area contributed by atoms with E-state index >= 15 is 0 Å². The van der Waals surface area contributed by atoms with Crippen molar-refractivity contribution in [1.29, 1.82) is 0 Å². The fourth-order valence-electron chi connectivity index (χ4n) is 5.18. The summed E-state index contributed by atoms with van der Waals surface area (Å²) in [4.78, 5) is 26.3. The Morgan fingerprint density at radius 3 is 2.58 bits per heavy atom. The normalized spacial score (nSPS) is 24.5. The molecule has 1 aromatic rings. The lowest BCUT2D eigenvalue weighted by Gasteiger charge is -2.36. The Morgan fingerprint density at radius 1 is 1.24 bits per heavy atom.